The molecule has 0 spiro atoms. The molecular formula is C66H124N12O12S. The molecule has 0 radical (unpaired) electrons. The molecule has 0 aliphatic rings. The first kappa shape index (κ1) is 85.6. The first-order valence-electron chi connectivity index (χ1n) is 32.7. The lowest BCUT2D eigenvalue weighted by atomic mass is 9.91. The summed E-state index contributed by atoms with van der Waals surface area (Å²) in [4.78, 5) is 157. The second kappa shape index (κ2) is 40.7. The van der Waals surface area contributed by atoms with Crippen LogP contribution >= 0.6 is 11.8 Å². The van der Waals surface area contributed by atoms with Crippen LogP contribution < -0.4 is 21.7 Å². The lowest BCUT2D eigenvalue weighted by Crippen LogP contribution is -2.64. The Morgan fingerprint density at radius 3 is 1.31 bits per heavy atom. The Balaban J connectivity index is 7.65. The van der Waals surface area contributed by atoms with Crippen LogP contribution in [0.3, 0.4) is 0 Å². The zero-order valence-corrected chi connectivity index (χ0v) is 61.3. The molecular weight excluding hydrogens is 1180 g/mol. The lowest BCUT2D eigenvalue weighted by molar-refractivity contribution is -0.157. The molecule has 526 valence electrons. The molecule has 7 N–H and O–H groups in total. The first-order chi connectivity index (χ1) is 42.0. The highest BCUT2D eigenvalue weighted by molar-refractivity contribution is 8.00. The number of aliphatic hydroxyl groups is 2. The third-order valence-electron chi connectivity index (χ3n) is 16.6. The van der Waals surface area contributed by atoms with Gasteiger partial charge in [0.2, 0.25) is 53.2 Å². The van der Waals surface area contributed by atoms with Crippen LogP contribution in [0, 0.1) is 41.4 Å². The summed E-state index contributed by atoms with van der Waals surface area (Å²) in [5.41, 5.74) is 5.98. The van der Waals surface area contributed by atoms with Crippen molar-refractivity contribution in [2.75, 3.05) is 82.3 Å². The van der Waals surface area contributed by atoms with E-state index in [9.17, 15) is 34.2 Å². The molecule has 91 heavy (non-hydrogen) atoms. The Morgan fingerprint density at radius 2 is 0.901 bits per heavy atom. The summed E-state index contributed by atoms with van der Waals surface area (Å²) in [5, 5.41) is 29.2. The molecule has 25 heteroatoms. The normalized spacial score (nSPS) is 16.3. The van der Waals surface area contributed by atoms with Crippen LogP contribution in [0.5, 0.6) is 0 Å². The Bertz CT molecular complexity index is 2370. The number of nitrogens with two attached hydrogens (primary N) is 1. The van der Waals surface area contributed by atoms with Gasteiger partial charge in [0.25, 0.3) is 5.91 Å². The van der Waals surface area contributed by atoms with E-state index in [0.29, 0.717) is 31.6 Å². The number of allylic oxidation sites excluding steroid dienone is 2. The Hall–Kier alpha value is -5.37. The minimum Gasteiger partial charge on any atom is -0.394 e. The largest absolute Gasteiger partial charge is 0.394 e. The summed E-state index contributed by atoms with van der Waals surface area (Å²) < 4.78 is 0. The maximum absolute atomic E-state index is 15.2. The zero-order valence-electron chi connectivity index (χ0n) is 60.5. The SMILES string of the molecule is C/C=C/C[C@@H](C)[C@@H](O)[C@@H](C(=O)N[C@@H](CC)C(=O)N(C)[C@H](SCCN(C)C)C(=O)N(C)[C@@H](CC(C)C)C(=O)NC(C(=O)N(C)[C@@H](CC(C)C)C(=O)N[C@H](C)CO)C(C)C)N(C)C(=O)[C@H](C(C)C)N(C)C(=O)[C@H](CC(C)C)N(C)C(=O)[C@H](CC(C)C)N(C)C(=O)[C@@H](C)N. The molecule has 0 aromatic heterocycles. The number of nitrogens with one attached hydrogen (secondary N) is 3. The zero-order chi connectivity index (χ0) is 71.0. The number of nitrogens with zero attached hydrogens (tertiary/aromatic N) is 8. The summed E-state index contributed by atoms with van der Waals surface area (Å²) in [5.74, 6) is -7.52. The quantitative estimate of drug-likeness (QED) is 0.0377. The summed E-state index contributed by atoms with van der Waals surface area (Å²) in [6.07, 6.45) is 3.36. The van der Waals surface area contributed by atoms with Gasteiger partial charge in [-0.2, -0.15) is 0 Å². The molecule has 13 atom stereocenters. The van der Waals surface area contributed by atoms with Gasteiger partial charge < -0.3 is 71.1 Å². The van der Waals surface area contributed by atoms with Crippen LogP contribution in [0.4, 0.5) is 0 Å². The monoisotopic (exact) mass is 1310 g/mol. The molecule has 0 heterocycles. The highest BCUT2D eigenvalue weighted by atomic mass is 32.2. The van der Waals surface area contributed by atoms with Crippen molar-refractivity contribution in [3.63, 3.8) is 0 Å². The van der Waals surface area contributed by atoms with Crippen LogP contribution in [0.2, 0.25) is 0 Å². The first-order valence-corrected chi connectivity index (χ1v) is 33.7. The second-order valence-electron chi connectivity index (χ2n) is 27.7. The van der Waals surface area contributed by atoms with Crippen LogP contribution in [0.15, 0.2) is 12.2 Å². The number of likely N-dealkylation sites (N-methyl/N-ethyl adjacent to an activating group) is 7. The van der Waals surface area contributed by atoms with E-state index in [0.717, 1.165) is 16.7 Å². The Kier molecular flexibility index (Phi) is 38.3. The van der Waals surface area contributed by atoms with Crippen molar-refractivity contribution >= 4 is 70.8 Å². The van der Waals surface area contributed by atoms with E-state index >= 15 is 24.0 Å². The molecule has 0 aliphatic carbocycles. The number of aliphatic hydroxyl groups excluding tert-OH is 2. The van der Waals surface area contributed by atoms with Crippen LogP contribution in [0.25, 0.3) is 0 Å². The van der Waals surface area contributed by atoms with Gasteiger partial charge >= 0.3 is 0 Å². The van der Waals surface area contributed by atoms with Crippen molar-refractivity contribution in [2.24, 2.45) is 47.2 Å². The van der Waals surface area contributed by atoms with Gasteiger partial charge in [-0.1, -0.05) is 109 Å². The number of rotatable bonds is 40. The summed E-state index contributed by atoms with van der Waals surface area (Å²) >= 11 is 1.16. The minimum absolute atomic E-state index is 0.00191. The number of hydrogen-bond acceptors (Lipinski definition) is 15. The highest BCUT2D eigenvalue weighted by Gasteiger charge is 2.46. The van der Waals surface area contributed by atoms with Gasteiger partial charge in [-0.15, -0.1) is 11.8 Å². The molecule has 0 aromatic carbocycles. The average molecular weight is 1310 g/mol. The van der Waals surface area contributed by atoms with E-state index in [1.165, 1.54) is 85.7 Å². The number of carbonyl (C=O) groups excluding carboxylic acids is 10. The maximum Gasteiger partial charge on any atom is 0.256 e. The predicted molar refractivity (Wildman–Crippen MR) is 362 cm³/mol. The molecule has 0 rings (SSSR count). The number of hydrogen-bond donors (Lipinski definition) is 6. The summed E-state index contributed by atoms with van der Waals surface area (Å²) in [7, 11) is 14.0. The van der Waals surface area contributed by atoms with Gasteiger partial charge in [0.05, 0.1) is 18.8 Å². The van der Waals surface area contributed by atoms with Gasteiger partial charge in [-0.25, -0.2) is 0 Å². The standard InChI is InChI=1S/C66H124N12O12S/c1-27-29-30-44(15)55(80)54(77(25)64(89)53(43(13)14)76(24)62(87)51(36-41(9)10)75(23)61(86)50(35-40(7)8)74(22)59(84)46(17)67)58(83)69-47(28-2)60(85)78(26)66(91-32-31-71(18)19)65(90)73(21)49(34-39(5)6)57(82)70-52(42(11)12)63(88)72(20)48(33-38(3)4)56(81)68-45(16)37-79/h27,29,38-55,66,79-80H,28,30-37,67H2,1-26H3,(H,68,81)(H,69,83)(H,70,82)/b29-27+/t44-,45-,46-,47+,48+,49+,50+,51+,52?,53+,54+,55-,66-/m1/s1. The van der Waals surface area contributed by atoms with E-state index in [2.05, 4.69) is 16.0 Å². The van der Waals surface area contributed by atoms with E-state index in [1.807, 2.05) is 87.4 Å². The van der Waals surface area contributed by atoms with Crippen molar-refractivity contribution in [2.45, 2.75) is 228 Å². The van der Waals surface area contributed by atoms with Crippen molar-refractivity contribution in [1.82, 2.24) is 55.1 Å². The molecule has 0 bridgehead atoms. The molecule has 0 saturated carbocycles. The van der Waals surface area contributed by atoms with Crippen LogP contribution in [-0.2, 0) is 47.9 Å². The molecule has 10 amide bonds. The van der Waals surface area contributed by atoms with Crippen molar-refractivity contribution in [3.8, 4) is 0 Å². The van der Waals surface area contributed by atoms with E-state index < -0.39 is 149 Å². The third kappa shape index (κ3) is 26.2. The Morgan fingerprint density at radius 1 is 0.484 bits per heavy atom. The fraction of sp³-hybridized carbons (Fsp3) is 0.818. The smallest absolute Gasteiger partial charge is 0.256 e. The Labute approximate surface area is 551 Å². The van der Waals surface area contributed by atoms with Gasteiger partial charge in [-0.05, 0) is 115 Å². The van der Waals surface area contributed by atoms with Crippen molar-refractivity contribution in [1.29, 1.82) is 0 Å². The molecule has 1 unspecified atom stereocenters. The molecule has 0 fully saturated rings. The van der Waals surface area contributed by atoms with E-state index in [-0.39, 0.29) is 49.5 Å². The van der Waals surface area contributed by atoms with Gasteiger partial charge in [0.15, 0.2) is 5.37 Å². The fourth-order valence-electron chi connectivity index (χ4n) is 10.9. The van der Waals surface area contributed by atoms with E-state index in [1.54, 1.807) is 54.5 Å². The number of thioether (sulfide) groups is 1. The minimum atomic E-state index is -1.63. The summed E-state index contributed by atoms with van der Waals surface area (Å²) in [6, 6.07) is -10.8. The van der Waals surface area contributed by atoms with Gasteiger partial charge in [0.1, 0.15) is 48.3 Å². The van der Waals surface area contributed by atoms with Crippen molar-refractivity contribution in [3.05, 3.63) is 12.2 Å². The average Bonchev–Trinajstić information content (AvgIpc) is 0.955. The number of carbonyl (C=O) groups is 10. The number of amides is 10. The molecule has 0 saturated heterocycles. The lowest BCUT2D eigenvalue weighted by Gasteiger charge is -2.41. The molecule has 0 aliphatic heterocycles. The fourth-order valence-corrected chi connectivity index (χ4v) is 12.2. The molecule has 0 aromatic rings. The summed E-state index contributed by atoms with van der Waals surface area (Å²) in [6.45, 7) is 30.8. The maximum atomic E-state index is 15.2. The van der Waals surface area contributed by atoms with E-state index in [4.69, 9.17) is 5.73 Å². The van der Waals surface area contributed by atoms with Crippen LogP contribution in [-0.4, -0.2) is 263 Å². The van der Waals surface area contributed by atoms with Gasteiger partial charge in [-0.3, -0.25) is 47.9 Å². The predicted octanol–water partition coefficient (Wildman–Crippen LogP) is 3.71. The van der Waals surface area contributed by atoms with Gasteiger partial charge in [0, 0.05) is 67.7 Å². The van der Waals surface area contributed by atoms with Crippen molar-refractivity contribution < 1.29 is 58.2 Å². The second-order valence-corrected chi connectivity index (χ2v) is 28.9. The molecule has 24 nitrogen and oxygen atoms in total. The topological polar surface area (TPSA) is 299 Å². The van der Waals surface area contributed by atoms with Crippen LogP contribution in [0.1, 0.15) is 156 Å². The third-order valence-corrected chi connectivity index (χ3v) is 17.8. The highest BCUT2D eigenvalue weighted by Crippen LogP contribution is 2.27.